The van der Waals surface area contributed by atoms with E-state index in [1.54, 1.807) is 6.07 Å². The normalized spacial score (nSPS) is 11.4. The minimum atomic E-state index is -0.565. The van der Waals surface area contributed by atoms with E-state index in [0.29, 0.717) is 5.13 Å². The summed E-state index contributed by atoms with van der Waals surface area (Å²) in [5, 5.41) is 3.53. The third-order valence-corrected chi connectivity index (χ3v) is 3.70. The first kappa shape index (κ1) is 14.2. The van der Waals surface area contributed by atoms with Crippen LogP contribution in [0.15, 0.2) is 36.0 Å². The van der Waals surface area contributed by atoms with Crippen molar-refractivity contribution in [2.75, 3.05) is 11.1 Å². The Balaban J connectivity index is 2.34. The molecular weight excluding hydrogens is 277 g/mol. The van der Waals surface area contributed by atoms with Crippen molar-refractivity contribution in [3.05, 3.63) is 52.3 Å². The molecule has 0 aliphatic carbocycles. The van der Waals surface area contributed by atoms with Gasteiger partial charge in [-0.1, -0.05) is 29.5 Å². The lowest BCUT2D eigenvalue weighted by molar-refractivity contribution is 0.103. The van der Waals surface area contributed by atoms with Crippen LogP contribution in [0, 0.1) is 5.82 Å². The minimum Gasteiger partial charge on any atom is -0.382 e. The van der Waals surface area contributed by atoms with Crippen molar-refractivity contribution >= 4 is 28.1 Å². The Bertz CT molecular complexity index is 679. The second-order valence-corrected chi connectivity index (χ2v) is 5.14. The average molecular weight is 291 g/mol. The second kappa shape index (κ2) is 5.83. The lowest BCUT2D eigenvalue weighted by Crippen LogP contribution is -2.04. The van der Waals surface area contributed by atoms with E-state index in [-0.39, 0.29) is 16.3 Å². The maximum atomic E-state index is 13.6. The number of benzene rings is 1. The van der Waals surface area contributed by atoms with E-state index in [4.69, 9.17) is 5.73 Å². The van der Waals surface area contributed by atoms with Gasteiger partial charge >= 0.3 is 0 Å². The predicted octanol–water partition coefficient (Wildman–Crippen LogP) is 3.43. The number of allylic oxidation sites excluding steroid dienone is 2. The van der Waals surface area contributed by atoms with E-state index in [1.165, 1.54) is 18.2 Å². The molecule has 1 aromatic heterocycles. The zero-order chi connectivity index (χ0) is 14.7. The van der Waals surface area contributed by atoms with Gasteiger partial charge in [0.05, 0.1) is 5.56 Å². The van der Waals surface area contributed by atoms with Crippen molar-refractivity contribution < 1.29 is 9.18 Å². The van der Waals surface area contributed by atoms with E-state index in [0.717, 1.165) is 17.0 Å². The maximum absolute atomic E-state index is 13.6. The molecule has 0 fully saturated rings. The van der Waals surface area contributed by atoms with Gasteiger partial charge in [0.2, 0.25) is 5.78 Å². The largest absolute Gasteiger partial charge is 0.382 e. The molecule has 104 valence electrons. The molecule has 0 amide bonds. The number of ketones is 1. The van der Waals surface area contributed by atoms with Gasteiger partial charge in [-0.15, -0.1) is 0 Å². The van der Waals surface area contributed by atoms with Crippen molar-refractivity contribution in [2.24, 2.45) is 0 Å². The molecule has 1 aromatic carbocycles. The lowest BCUT2D eigenvalue weighted by Gasteiger charge is -2.00. The molecular formula is C14H14FN3OS. The van der Waals surface area contributed by atoms with Gasteiger partial charge in [-0.3, -0.25) is 4.79 Å². The van der Waals surface area contributed by atoms with Gasteiger partial charge in [-0.05, 0) is 26.0 Å². The van der Waals surface area contributed by atoms with Crippen LogP contribution < -0.4 is 11.1 Å². The summed E-state index contributed by atoms with van der Waals surface area (Å²) in [7, 11) is 0. The Hall–Kier alpha value is -2.21. The van der Waals surface area contributed by atoms with Crippen LogP contribution in [0.1, 0.15) is 29.1 Å². The molecule has 4 nitrogen and oxygen atoms in total. The molecule has 1 heterocycles. The lowest BCUT2D eigenvalue weighted by atomic mass is 10.1. The molecule has 0 atom stereocenters. The van der Waals surface area contributed by atoms with Gasteiger partial charge in [-0.25, -0.2) is 9.37 Å². The Labute approximate surface area is 120 Å². The standard InChI is InChI=1S/C14H14FN3OS/c1-3-8(2)17-14-18-13(16)12(20-14)11(19)9-6-4-5-7-10(9)15/h3-7H,16H2,1-2H3,(H,17,18)/b8-3+. The summed E-state index contributed by atoms with van der Waals surface area (Å²) in [4.78, 5) is 16.6. The van der Waals surface area contributed by atoms with E-state index >= 15 is 0 Å². The van der Waals surface area contributed by atoms with Crippen LogP contribution in [0.25, 0.3) is 0 Å². The maximum Gasteiger partial charge on any atom is 0.209 e. The Morgan fingerprint density at radius 2 is 2.15 bits per heavy atom. The molecule has 2 aromatic rings. The van der Waals surface area contributed by atoms with Gasteiger partial charge in [0, 0.05) is 5.70 Å². The molecule has 20 heavy (non-hydrogen) atoms. The highest BCUT2D eigenvalue weighted by molar-refractivity contribution is 7.18. The number of carbonyl (C=O) groups excluding carboxylic acids is 1. The van der Waals surface area contributed by atoms with Crippen LogP contribution in [0.3, 0.4) is 0 Å². The Morgan fingerprint density at radius 3 is 2.80 bits per heavy atom. The molecule has 0 saturated heterocycles. The first-order valence-electron chi connectivity index (χ1n) is 5.98. The van der Waals surface area contributed by atoms with Gasteiger partial charge in [0.1, 0.15) is 16.5 Å². The molecule has 0 saturated carbocycles. The number of hydrogen-bond donors (Lipinski definition) is 2. The highest BCUT2D eigenvalue weighted by atomic mass is 32.1. The first-order valence-corrected chi connectivity index (χ1v) is 6.80. The highest BCUT2D eigenvalue weighted by Crippen LogP contribution is 2.28. The zero-order valence-electron chi connectivity index (χ0n) is 11.1. The summed E-state index contributed by atoms with van der Waals surface area (Å²) in [5.41, 5.74) is 6.63. The topological polar surface area (TPSA) is 68.0 Å². The van der Waals surface area contributed by atoms with Gasteiger partial charge < -0.3 is 11.1 Å². The van der Waals surface area contributed by atoms with Crippen molar-refractivity contribution in [3.63, 3.8) is 0 Å². The highest BCUT2D eigenvalue weighted by Gasteiger charge is 2.20. The van der Waals surface area contributed by atoms with Gasteiger partial charge in [0.25, 0.3) is 0 Å². The van der Waals surface area contributed by atoms with Crippen LogP contribution in [0.4, 0.5) is 15.3 Å². The summed E-state index contributed by atoms with van der Waals surface area (Å²) in [6.07, 6.45) is 1.87. The summed E-state index contributed by atoms with van der Waals surface area (Å²) in [6.45, 7) is 3.75. The zero-order valence-corrected chi connectivity index (χ0v) is 11.9. The summed E-state index contributed by atoms with van der Waals surface area (Å²) in [6, 6.07) is 5.82. The third kappa shape index (κ3) is 2.85. The van der Waals surface area contributed by atoms with E-state index in [9.17, 15) is 9.18 Å². The summed E-state index contributed by atoms with van der Waals surface area (Å²) >= 11 is 1.11. The van der Waals surface area contributed by atoms with Crippen molar-refractivity contribution in [2.45, 2.75) is 13.8 Å². The minimum absolute atomic E-state index is 0.00263. The fourth-order valence-electron chi connectivity index (χ4n) is 1.56. The number of anilines is 2. The molecule has 0 bridgehead atoms. The predicted molar refractivity (Wildman–Crippen MR) is 79.4 cm³/mol. The van der Waals surface area contributed by atoms with Crippen molar-refractivity contribution in [1.29, 1.82) is 0 Å². The number of hydrogen-bond acceptors (Lipinski definition) is 5. The first-order chi connectivity index (χ1) is 9.52. The number of carbonyl (C=O) groups is 1. The summed E-state index contributed by atoms with van der Waals surface area (Å²) < 4.78 is 13.6. The van der Waals surface area contributed by atoms with Crippen molar-refractivity contribution in [1.82, 2.24) is 4.98 Å². The van der Waals surface area contributed by atoms with Gasteiger partial charge in [-0.2, -0.15) is 0 Å². The molecule has 0 spiro atoms. The fourth-order valence-corrected chi connectivity index (χ4v) is 2.46. The molecule has 0 unspecified atom stereocenters. The number of nitrogens with zero attached hydrogens (tertiary/aromatic N) is 1. The number of nitrogens with two attached hydrogens (primary N) is 1. The number of halogens is 1. The SMILES string of the molecule is C/C=C(\C)Nc1nc(N)c(C(=O)c2ccccc2F)s1. The van der Waals surface area contributed by atoms with Gasteiger partial charge in [0.15, 0.2) is 5.13 Å². The number of rotatable bonds is 4. The second-order valence-electron chi connectivity index (χ2n) is 4.14. The van der Waals surface area contributed by atoms with Crippen LogP contribution in [0.5, 0.6) is 0 Å². The smallest absolute Gasteiger partial charge is 0.209 e. The van der Waals surface area contributed by atoms with E-state index in [1.807, 2.05) is 19.9 Å². The molecule has 0 aliphatic heterocycles. The average Bonchev–Trinajstić information content (AvgIpc) is 2.79. The van der Waals surface area contributed by atoms with E-state index < -0.39 is 11.6 Å². The molecule has 0 aliphatic rings. The third-order valence-electron chi connectivity index (χ3n) is 2.72. The summed E-state index contributed by atoms with van der Waals surface area (Å²) in [5.74, 6) is -0.914. The van der Waals surface area contributed by atoms with Crippen LogP contribution in [0.2, 0.25) is 0 Å². The quantitative estimate of drug-likeness (QED) is 0.847. The monoisotopic (exact) mass is 291 g/mol. The number of thiazole rings is 1. The Kier molecular flexibility index (Phi) is 4.14. The number of aromatic nitrogens is 1. The van der Waals surface area contributed by atoms with Crippen LogP contribution in [-0.4, -0.2) is 10.8 Å². The number of nitrogens with one attached hydrogen (secondary N) is 1. The fraction of sp³-hybridized carbons (Fsp3) is 0.143. The molecule has 3 N–H and O–H groups in total. The Morgan fingerprint density at radius 1 is 1.45 bits per heavy atom. The van der Waals surface area contributed by atoms with E-state index in [2.05, 4.69) is 10.3 Å². The van der Waals surface area contributed by atoms with Crippen molar-refractivity contribution in [3.8, 4) is 0 Å². The van der Waals surface area contributed by atoms with Crippen LogP contribution in [-0.2, 0) is 0 Å². The number of nitrogen functional groups attached to an aromatic ring is 1. The molecule has 2 rings (SSSR count). The van der Waals surface area contributed by atoms with Crippen LogP contribution >= 0.6 is 11.3 Å². The molecule has 6 heteroatoms. The molecule has 0 radical (unpaired) electrons.